The van der Waals surface area contributed by atoms with Crippen LogP contribution < -0.4 is 4.72 Å². The second-order valence-corrected chi connectivity index (χ2v) is 13.8. The highest BCUT2D eigenvalue weighted by atomic mass is 35.5. The lowest BCUT2D eigenvalue weighted by molar-refractivity contribution is -0.160. The average Bonchev–Trinajstić information content (AvgIpc) is 3.64. The molecule has 1 unspecified atom stereocenters. The number of likely N-dealkylation sites (tertiary alicyclic amines) is 1. The Morgan fingerprint density at radius 3 is 2.32 bits per heavy atom. The third-order valence-corrected chi connectivity index (χ3v) is 9.56. The summed E-state index contributed by atoms with van der Waals surface area (Å²) >= 11 is 12.6. The molecule has 1 heterocycles. The topological polar surface area (TPSA) is 104 Å². The van der Waals surface area contributed by atoms with Gasteiger partial charge in [0.15, 0.2) is 0 Å². The van der Waals surface area contributed by atoms with Crippen LogP contribution in [-0.2, 0) is 19.6 Å². The molecule has 38 heavy (non-hydrogen) atoms. The number of rotatable bonds is 10. The van der Waals surface area contributed by atoms with Crippen LogP contribution in [0.2, 0.25) is 10.0 Å². The lowest BCUT2D eigenvalue weighted by Crippen LogP contribution is -2.58. The van der Waals surface area contributed by atoms with Crippen LogP contribution >= 0.6 is 23.2 Å². The number of carbonyl (C=O) groups excluding carboxylic acids is 1. The van der Waals surface area contributed by atoms with Gasteiger partial charge in [-0.2, -0.15) is 0 Å². The van der Waals surface area contributed by atoms with Crippen molar-refractivity contribution < 1.29 is 23.1 Å². The molecule has 0 spiro atoms. The van der Waals surface area contributed by atoms with E-state index in [4.69, 9.17) is 23.2 Å². The fourth-order valence-electron chi connectivity index (χ4n) is 5.80. The van der Waals surface area contributed by atoms with Crippen LogP contribution in [0.5, 0.6) is 0 Å². The van der Waals surface area contributed by atoms with Crippen molar-refractivity contribution in [3.8, 4) is 0 Å². The maximum Gasteiger partial charge on any atom is 0.304 e. The van der Waals surface area contributed by atoms with Crippen LogP contribution in [0.3, 0.4) is 0 Å². The number of nitrogens with one attached hydrogen (secondary N) is 1. The van der Waals surface area contributed by atoms with Gasteiger partial charge in [-0.3, -0.25) is 9.59 Å². The van der Waals surface area contributed by atoms with Gasteiger partial charge in [-0.1, -0.05) is 54.4 Å². The zero-order valence-electron chi connectivity index (χ0n) is 21.7. The standard InChI is InChI=1S/C28H34Cl2N2O5S/c1-17(2)31-38(36,37)16-24(18-7-8-18)32-26(19-9-11-21(29)12-10-19)23(20-5-4-6-22(30)13-20)14-28(3,27(32)35)15-25(33)34/h4-6,9-13,17-18,23-24,26,31H,7-8,14-16H2,1-3H3,(H,33,34)/t23-,24?,26-,28-/m1/s1. The van der Waals surface area contributed by atoms with Crippen LogP contribution in [0.25, 0.3) is 0 Å². The minimum Gasteiger partial charge on any atom is -0.481 e. The van der Waals surface area contributed by atoms with E-state index >= 15 is 0 Å². The molecule has 2 aliphatic rings. The molecule has 2 fully saturated rings. The molecule has 2 aromatic carbocycles. The number of amides is 1. The molecular formula is C28H34Cl2N2O5S. The Morgan fingerprint density at radius 1 is 1.11 bits per heavy atom. The zero-order valence-corrected chi connectivity index (χ0v) is 24.1. The van der Waals surface area contributed by atoms with Gasteiger partial charge in [0, 0.05) is 22.0 Å². The largest absolute Gasteiger partial charge is 0.481 e. The van der Waals surface area contributed by atoms with Gasteiger partial charge in [-0.05, 0) is 74.4 Å². The molecule has 7 nitrogen and oxygen atoms in total. The van der Waals surface area contributed by atoms with Crippen LogP contribution in [0, 0.1) is 11.3 Å². The quantitative estimate of drug-likeness (QED) is 0.378. The van der Waals surface area contributed by atoms with E-state index in [-0.39, 0.29) is 42.4 Å². The van der Waals surface area contributed by atoms with Crippen LogP contribution in [-0.4, -0.2) is 48.1 Å². The molecule has 1 aliphatic carbocycles. The van der Waals surface area contributed by atoms with Gasteiger partial charge in [0.1, 0.15) is 0 Å². The first-order valence-corrected chi connectivity index (χ1v) is 15.3. The third kappa shape index (κ3) is 6.53. The fraction of sp³-hybridized carbons (Fsp3) is 0.500. The average molecular weight is 582 g/mol. The summed E-state index contributed by atoms with van der Waals surface area (Å²) in [4.78, 5) is 28.0. The van der Waals surface area contributed by atoms with Crippen molar-refractivity contribution in [2.45, 2.75) is 70.5 Å². The van der Waals surface area contributed by atoms with Gasteiger partial charge in [-0.15, -0.1) is 0 Å². The third-order valence-electron chi connectivity index (χ3n) is 7.46. The van der Waals surface area contributed by atoms with Gasteiger partial charge in [0.25, 0.3) is 0 Å². The fourth-order valence-corrected chi connectivity index (χ4v) is 7.82. The number of sulfonamides is 1. The van der Waals surface area contributed by atoms with E-state index in [1.807, 2.05) is 30.3 Å². The smallest absolute Gasteiger partial charge is 0.304 e. The number of hydrogen-bond acceptors (Lipinski definition) is 4. The number of halogens is 2. The molecule has 0 radical (unpaired) electrons. The summed E-state index contributed by atoms with van der Waals surface area (Å²) in [6, 6.07) is 13.2. The van der Waals surface area contributed by atoms with E-state index < -0.39 is 33.5 Å². The Kier molecular flexibility index (Phi) is 8.48. The van der Waals surface area contributed by atoms with E-state index in [0.29, 0.717) is 10.0 Å². The highest BCUT2D eigenvalue weighted by molar-refractivity contribution is 7.89. The van der Waals surface area contributed by atoms with E-state index in [1.165, 1.54) is 0 Å². The second kappa shape index (κ2) is 11.2. The molecule has 1 saturated carbocycles. The first-order valence-electron chi connectivity index (χ1n) is 12.8. The number of aliphatic carboxylic acids is 1. The van der Waals surface area contributed by atoms with Crippen LogP contribution in [0.1, 0.15) is 69.5 Å². The van der Waals surface area contributed by atoms with E-state index in [1.54, 1.807) is 43.9 Å². The van der Waals surface area contributed by atoms with Gasteiger partial charge in [-0.25, -0.2) is 13.1 Å². The highest BCUT2D eigenvalue weighted by Crippen LogP contribution is 2.54. The molecule has 0 aromatic heterocycles. The first-order chi connectivity index (χ1) is 17.8. The van der Waals surface area contributed by atoms with Crippen molar-refractivity contribution in [2.75, 3.05) is 5.75 Å². The van der Waals surface area contributed by atoms with Gasteiger partial charge >= 0.3 is 5.97 Å². The van der Waals surface area contributed by atoms with E-state index in [2.05, 4.69) is 4.72 Å². The summed E-state index contributed by atoms with van der Waals surface area (Å²) in [7, 11) is -3.72. The molecule has 1 aliphatic heterocycles. The lowest BCUT2D eigenvalue weighted by atomic mass is 9.67. The lowest BCUT2D eigenvalue weighted by Gasteiger charge is -2.52. The minimum atomic E-state index is -3.72. The first kappa shape index (κ1) is 28.9. The van der Waals surface area contributed by atoms with Gasteiger partial charge in [0.05, 0.1) is 29.7 Å². The van der Waals surface area contributed by atoms with Crippen molar-refractivity contribution in [3.63, 3.8) is 0 Å². The summed E-state index contributed by atoms with van der Waals surface area (Å²) in [5, 5.41) is 10.9. The summed E-state index contributed by atoms with van der Waals surface area (Å²) in [5.41, 5.74) is 0.443. The SMILES string of the molecule is CC(C)NS(=O)(=O)CC(C1CC1)N1C(=O)[C@@](C)(CC(=O)O)C[C@H](c2cccc(Cl)c2)[C@H]1c1ccc(Cl)cc1. The number of carboxylic acid groups (broad SMARTS) is 1. The normalized spacial score (nSPS) is 25.0. The number of carboxylic acids is 1. The van der Waals surface area contributed by atoms with Crippen molar-refractivity contribution in [1.29, 1.82) is 0 Å². The summed E-state index contributed by atoms with van der Waals surface area (Å²) in [5.74, 6) is -1.98. The predicted molar refractivity (Wildman–Crippen MR) is 149 cm³/mol. The maximum atomic E-state index is 14.4. The van der Waals surface area contributed by atoms with Crippen molar-refractivity contribution in [3.05, 3.63) is 69.7 Å². The summed E-state index contributed by atoms with van der Waals surface area (Å²) in [6.45, 7) is 5.19. The minimum absolute atomic E-state index is 0.00433. The van der Waals surface area contributed by atoms with Crippen molar-refractivity contribution in [1.82, 2.24) is 9.62 Å². The molecule has 206 valence electrons. The van der Waals surface area contributed by atoms with Crippen LogP contribution in [0.4, 0.5) is 0 Å². The summed E-state index contributed by atoms with van der Waals surface area (Å²) < 4.78 is 29.0. The Morgan fingerprint density at radius 2 is 1.76 bits per heavy atom. The number of piperidine rings is 1. The van der Waals surface area contributed by atoms with Crippen molar-refractivity contribution >= 4 is 45.1 Å². The number of benzene rings is 2. The van der Waals surface area contributed by atoms with Crippen molar-refractivity contribution in [2.24, 2.45) is 11.3 Å². The van der Waals surface area contributed by atoms with E-state index in [0.717, 1.165) is 24.0 Å². The predicted octanol–water partition coefficient (Wildman–Crippen LogP) is 5.64. The Hall–Kier alpha value is -2.13. The molecule has 4 rings (SSSR count). The monoisotopic (exact) mass is 580 g/mol. The van der Waals surface area contributed by atoms with Gasteiger partial charge in [0.2, 0.25) is 15.9 Å². The van der Waals surface area contributed by atoms with Gasteiger partial charge < -0.3 is 10.0 Å². The number of nitrogens with zero attached hydrogens (tertiary/aromatic N) is 1. The molecule has 10 heteroatoms. The molecule has 0 bridgehead atoms. The molecule has 4 atom stereocenters. The molecule has 2 aromatic rings. The molecular weight excluding hydrogens is 547 g/mol. The summed E-state index contributed by atoms with van der Waals surface area (Å²) in [6.07, 6.45) is 1.52. The Balaban J connectivity index is 1.91. The second-order valence-electron chi connectivity index (χ2n) is 11.2. The molecule has 1 amide bonds. The molecule has 2 N–H and O–H groups in total. The Bertz CT molecular complexity index is 1300. The number of carbonyl (C=O) groups is 2. The highest BCUT2D eigenvalue weighted by Gasteiger charge is 2.55. The zero-order chi connectivity index (χ0) is 27.8. The molecule has 1 saturated heterocycles. The maximum absolute atomic E-state index is 14.4. The van der Waals surface area contributed by atoms with Crippen LogP contribution in [0.15, 0.2) is 48.5 Å². The number of hydrogen-bond donors (Lipinski definition) is 2. The Labute approximate surface area is 234 Å². The van der Waals surface area contributed by atoms with E-state index in [9.17, 15) is 23.1 Å².